The molecule has 0 aliphatic heterocycles. The molecule has 2 N–H and O–H groups in total. The van der Waals surface area contributed by atoms with Crippen LogP contribution in [0.2, 0.25) is 5.02 Å². The van der Waals surface area contributed by atoms with Gasteiger partial charge < -0.3 is 10.5 Å². The van der Waals surface area contributed by atoms with Crippen LogP contribution in [0, 0.1) is 5.92 Å². The van der Waals surface area contributed by atoms with Crippen LogP contribution in [0.25, 0.3) is 11.4 Å². The van der Waals surface area contributed by atoms with Crippen LogP contribution in [0.5, 0.6) is 5.75 Å². The molecule has 106 valence electrons. The molecule has 0 spiro atoms. The summed E-state index contributed by atoms with van der Waals surface area (Å²) in [5.74, 6) is 2.17. The number of ether oxygens (including phenoxy) is 1. The van der Waals surface area contributed by atoms with E-state index in [0.29, 0.717) is 28.3 Å². The number of anilines is 1. The van der Waals surface area contributed by atoms with Crippen LogP contribution in [-0.2, 0) is 6.42 Å². The molecule has 0 amide bonds. The summed E-state index contributed by atoms with van der Waals surface area (Å²) in [6, 6.07) is 7.18. The predicted octanol–water partition coefficient (Wildman–Crippen LogP) is 3.59. The normalized spacial score (nSPS) is 10.8. The first-order valence-electron chi connectivity index (χ1n) is 6.47. The van der Waals surface area contributed by atoms with Gasteiger partial charge in [0, 0.05) is 16.8 Å². The average Bonchev–Trinajstić information content (AvgIpc) is 2.36. The van der Waals surface area contributed by atoms with Crippen molar-refractivity contribution in [2.24, 2.45) is 5.92 Å². The Morgan fingerprint density at radius 3 is 2.65 bits per heavy atom. The quantitative estimate of drug-likeness (QED) is 0.935. The summed E-state index contributed by atoms with van der Waals surface area (Å²) in [5.41, 5.74) is 7.59. The van der Waals surface area contributed by atoms with Gasteiger partial charge in [-0.25, -0.2) is 9.97 Å². The Balaban J connectivity index is 2.49. The molecule has 2 aromatic rings. The van der Waals surface area contributed by atoms with Crippen molar-refractivity contribution >= 4 is 17.4 Å². The molecule has 0 aliphatic rings. The molecule has 1 aromatic heterocycles. The first kappa shape index (κ1) is 14.6. The van der Waals surface area contributed by atoms with Gasteiger partial charge in [-0.05, 0) is 30.5 Å². The number of halogens is 1. The van der Waals surface area contributed by atoms with Crippen LogP contribution < -0.4 is 10.5 Å². The molecule has 0 atom stereocenters. The molecular formula is C15H18ClN3O. The molecule has 0 unspecified atom stereocenters. The standard InChI is InChI=1S/C15H18ClN3O/c1-9(2)6-11-8-14(17)19-15(18-11)12-5-4-10(16)7-13(12)20-3/h4-5,7-9H,6H2,1-3H3,(H2,17,18,19). The molecule has 2 rings (SSSR count). The Hall–Kier alpha value is -1.81. The van der Waals surface area contributed by atoms with Crippen LogP contribution in [-0.4, -0.2) is 17.1 Å². The highest BCUT2D eigenvalue weighted by atomic mass is 35.5. The summed E-state index contributed by atoms with van der Waals surface area (Å²) < 4.78 is 5.34. The topological polar surface area (TPSA) is 61.0 Å². The number of rotatable bonds is 4. The van der Waals surface area contributed by atoms with E-state index in [1.54, 1.807) is 19.2 Å². The fourth-order valence-corrected chi connectivity index (χ4v) is 2.17. The number of nitrogens with two attached hydrogens (primary N) is 1. The van der Waals surface area contributed by atoms with Crippen molar-refractivity contribution < 1.29 is 4.74 Å². The summed E-state index contributed by atoms with van der Waals surface area (Å²) in [7, 11) is 1.59. The minimum Gasteiger partial charge on any atom is -0.496 e. The number of benzene rings is 1. The van der Waals surface area contributed by atoms with E-state index in [4.69, 9.17) is 22.1 Å². The summed E-state index contributed by atoms with van der Waals surface area (Å²) in [6.45, 7) is 4.28. The van der Waals surface area contributed by atoms with Gasteiger partial charge in [0.15, 0.2) is 5.82 Å². The van der Waals surface area contributed by atoms with Gasteiger partial charge in [-0.1, -0.05) is 25.4 Å². The maximum atomic E-state index is 5.97. The van der Waals surface area contributed by atoms with Gasteiger partial charge in [-0.15, -0.1) is 0 Å². The van der Waals surface area contributed by atoms with Crippen LogP contribution in [0.3, 0.4) is 0 Å². The lowest BCUT2D eigenvalue weighted by Crippen LogP contribution is -2.04. The van der Waals surface area contributed by atoms with Crippen molar-refractivity contribution in [1.29, 1.82) is 0 Å². The van der Waals surface area contributed by atoms with Crippen molar-refractivity contribution in [3.05, 3.63) is 35.0 Å². The lowest BCUT2D eigenvalue weighted by molar-refractivity contribution is 0.416. The predicted molar refractivity (Wildman–Crippen MR) is 82.0 cm³/mol. The fraction of sp³-hybridized carbons (Fsp3) is 0.333. The summed E-state index contributed by atoms with van der Waals surface area (Å²) in [6.07, 6.45) is 0.857. The Morgan fingerprint density at radius 1 is 1.25 bits per heavy atom. The van der Waals surface area contributed by atoms with E-state index in [-0.39, 0.29) is 0 Å². The summed E-state index contributed by atoms with van der Waals surface area (Å²) in [4.78, 5) is 8.86. The highest BCUT2D eigenvalue weighted by molar-refractivity contribution is 6.30. The summed E-state index contributed by atoms with van der Waals surface area (Å²) in [5, 5.41) is 0.608. The van der Waals surface area contributed by atoms with Gasteiger partial charge in [0.1, 0.15) is 11.6 Å². The number of nitrogen functional groups attached to an aromatic ring is 1. The van der Waals surface area contributed by atoms with Gasteiger partial charge in [0.25, 0.3) is 0 Å². The smallest absolute Gasteiger partial charge is 0.165 e. The maximum Gasteiger partial charge on any atom is 0.165 e. The van der Waals surface area contributed by atoms with Gasteiger partial charge >= 0.3 is 0 Å². The van der Waals surface area contributed by atoms with Crippen LogP contribution in [0.4, 0.5) is 5.82 Å². The second-order valence-electron chi connectivity index (χ2n) is 5.05. The van der Waals surface area contributed by atoms with E-state index in [2.05, 4.69) is 23.8 Å². The number of aromatic nitrogens is 2. The number of hydrogen-bond donors (Lipinski definition) is 1. The molecule has 0 saturated carbocycles. The Kier molecular flexibility index (Phi) is 4.45. The lowest BCUT2D eigenvalue weighted by Gasteiger charge is -2.11. The zero-order valence-corrected chi connectivity index (χ0v) is 12.6. The van der Waals surface area contributed by atoms with E-state index >= 15 is 0 Å². The van der Waals surface area contributed by atoms with Crippen molar-refractivity contribution in [3.63, 3.8) is 0 Å². The number of methoxy groups -OCH3 is 1. The summed E-state index contributed by atoms with van der Waals surface area (Å²) >= 11 is 5.97. The second kappa shape index (κ2) is 6.09. The van der Waals surface area contributed by atoms with Crippen molar-refractivity contribution in [2.45, 2.75) is 20.3 Å². The Labute approximate surface area is 124 Å². The van der Waals surface area contributed by atoms with E-state index in [1.165, 1.54) is 0 Å². The van der Waals surface area contributed by atoms with Gasteiger partial charge in [-0.3, -0.25) is 0 Å². The van der Waals surface area contributed by atoms with E-state index in [9.17, 15) is 0 Å². The Morgan fingerprint density at radius 2 is 2.00 bits per heavy atom. The lowest BCUT2D eigenvalue weighted by atomic mass is 10.1. The van der Waals surface area contributed by atoms with Gasteiger partial charge in [-0.2, -0.15) is 0 Å². The number of nitrogens with zero attached hydrogens (tertiary/aromatic N) is 2. The highest BCUT2D eigenvalue weighted by Gasteiger charge is 2.12. The molecule has 0 bridgehead atoms. The largest absolute Gasteiger partial charge is 0.496 e. The van der Waals surface area contributed by atoms with Crippen LogP contribution >= 0.6 is 11.6 Å². The SMILES string of the molecule is COc1cc(Cl)ccc1-c1nc(N)cc(CC(C)C)n1. The van der Waals surface area contributed by atoms with Crippen molar-refractivity contribution in [3.8, 4) is 17.1 Å². The minimum atomic E-state index is 0.461. The van der Waals surface area contributed by atoms with Crippen molar-refractivity contribution in [1.82, 2.24) is 9.97 Å². The molecular weight excluding hydrogens is 274 g/mol. The minimum absolute atomic E-state index is 0.461. The molecule has 1 heterocycles. The number of hydrogen-bond acceptors (Lipinski definition) is 4. The molecule has 1 aromatic carbocycles. The third-order valence-corrected chi connectivity index (χ3v) is 3.06. The molecule has 0 saturated heterocycles. The maximum absolute atomic E-state index is 5.97. The monoisotopic (exact) mass is 291 g/mol. The van der Waals surface area contributed by atoms with E-state index < -0.39 is 0 Å². The fourth-order valence-electron chi connectivity index (χ4n) is 2.01. The molecule has 4 nitrogen and oxygen atoms in total. The average molecular weight is 292 g/mol. The zero-order chi connectivity index (χ0) is 14.7. The second-order valence-corrected chi connectivity index (χ2v) is 5.49. The zero-order valence-electron chi connectivity index (χ0n) is 11.9. The van der Waals surface area contributed by atoms with Gasteiger partial charge in [0.2, 0.25) is 0 Å². The first-order valence-corrected chi connectivity index (χ1v) is 6.84. The van der Waals surface area contributed by atoms with Crippen LogP contribution in [0.1, 0.15) is 19.5 Å². The molecule has 20 heavy (non-hydrogen) atoms. The first-order chi connectivity index (χ1) is 9.49. The third kappa shape index (κ3) is 3.39. The molecule has 5 heteroatoms. The van der Waals surface area contributed by atoms with Gasteiger partial charge in [0.05, 0.1) is 12.7 Å². The molecule has 0 aliphatic carbocycles. The van der Waals surface area contributed by atoms with E-state index in [1.807, 2.05) is 12.1 Å². The Bertz CT molecular complexity index is 614. The molecule has 0 radical (unpaired) electrons. The van der Waals surface area contributed by atoms with Crippen LogP contribution in [0.15, 0.2) is 24.3 Å². The third-order valence-electron chi connectivity index (χ3n) is 2.82. The highest BCUT2D eigenvalue weighted by Crippen LogP contribution is 2.31. The van der Waals surface area contributed by atoms with E-state index in [0.717, 1.165) is 17.7 Å². The van der Waals surface area contributed by atoms with Crippen molar-refractivity contribution in [2.75, 3.05) is 12.8 Å². The molecule has 0 fully saturated rings.